The van der Waals surface area contributed by atoms with Crippen LogP contribution in [-0.2, 0) is 17.9 Å². The van der Waals surface area contributed by atoms with Gasteiger partial charge in [-0.05, 0) is 50.6 Å². The summed E-state index contributed by atoms with van der Waals surface area (Å²) in [5.41, 5.74) is 2.61. The number of para-hydroxylation sites is 3. The molecule has 1 amide bonds. The number of aryl methyl sites for hydroxylation is 1. The molecule has 1 aromatic heterocycles. The summed E-state index contributed by atoms with van der Waals surface area (Å²) in [7, 11) is 1.68. The lowest BCUT2D eigenvalue weighted by Gasteiger charge is -2.29. The quantitative estimate of drug-likeness (QED) is 0.559. The first-order valence-corrected chi connectivity index (χ1v) is 11.5. The van der Waals surface area contributed by atoms with Crippen molar-refractivity contribution in [2.75, 3.05) is 26.7 Å². The molecule has 7 heteroatoms. The standard InChI is InChI=1S/C25H32N4O3/c1-3-14-28-20-11-5-6-12-21(20)29(25(28)31)18-24(30)26-17-22(27-15-8-9-16-27)19-10-4-7-13-23(19)32-2/h4-7,10-13,22H,3,8-9,14-18H2,1-2H3,(H,26,30). The topological polar surface area (TPSA) is 68.5 Å². The van der Waals surface area contributed by atoms with E-state index in [1.807, 2.05) is 49.4 Å². The lowest BCUT2D eigenvalue weighted by molar-refractivity contribution is -0.121. The van der Waals surface area contributed by atoms with Crippen molar-refractivity contribution < 1.29 is 9.53 Å². The van der Waals surface area contributed by atoms with Crippen molar-refractivity contribution in [3.8, 4) is 5.75 Å². The van der Waals surface area contributed by atoms with E-state index in [1.165, 1.54) is 0 Å². The third kappa shape index (κ3) is 4.43. The van der Waals surface area contributed by atoms with Crippen LogP contribution in [0.4, 0.5) is 0 Å². The molecule has 1 unspecified atom stereocenters. The van der Waals surface area contributed by atoms with Crippen LogP contribution in [0.25, 0.3) is 11.0 Å². The Kier molecular flexibility index (Phi) is 6.95. The van der Waals surface area contributed by atoms with E-state index >= 15 is 0 Å². The van der Waals surface area contributed by atoms with E-state index in [1.54, 1.807) is 16.2 Å². The zero-order valence-electron chi connectivity index (χ0n) is 18.9. The predicted molar refractivity (Wildman–Crippen MR) is 126 cm³/mol. The summed E-state index contributed by atoms with van der Waals surface area (Å²) in [6.07, 6.45) is 3.17. The molecule has 7 nitrogen and oxygen atoms in total. The number of amides is 1. The van der Waals surface area contributed by atoms with E-state index in [9.17, 15) is 9.59 Å². The number of methoxy groups -OCH3 is 1. The highest BCUT2D eigenvalue weighted by Crippen LogP contribution is 2.31. The third-order valence-electron chi connectivity index (χ3n) is 6.25. The van der Waals surface area contributed by atoms with E-state index in [0.717, 1.165) is 54.7 Å². The van der Waals surface area contributed by atoms with Crippen molar-refractivity contribution in [2.45, 2.75) is 45.3 Å². The van der Waals surface area contributed by atoms with Gasteiger partial charge in [-0.25, -0.2) is 4.79 Å². The number of rotatable bonds is 9. The Bertz CT molecular complexity index is 1130. The minimum Gasteiger partial charge on any atom is -0.496 e. The Morgan fingerprint density at radius 2 is 1.69 bits per heavy atom. The molecule has 3 aromatic rings. The van der Waals surface area contributed by atoms with Crippen LogP contribution in [0.15, 0.2) is 53.3 Å². The summed E-state index contributed by atoms with van der Waals surface area (Å²) >= 11 is 0. The van der Waals surface area contributed by atoms with Gasteiger partial charge < -0.3 is 10.1 Å². The fourth-order valence-electron chi connectivity index (χ4n) is 4.71. The number of carbonyl (C=O) groups excluding carboxylic acids is 1. The number of nitrogens with one attached hydrogen (secondary N) is 1. The van der Waals surface area contributed by atoms with E-state index in [2.05, 4.69) is 16.3 Å². The zero-order chi connectivity index (χ0) is 22.5. The molecular weight excluding hydrogens is 404 g/mol. The van der Waals surface area contributed by atoms with Crippen LogP contribution in [0, 0.1) is 0 Å². The number of ether oxygens (including phenoxy) is 1. The molecule has 1 aliphatic heterocycles. The number of likely N-dealkylation sites (tertiary alicyclic amines) is 1. The fraction of sp³-hybridized carbons (Fsp3) is 0.440. The number of carbonyl (C=O) groups is 1. The van der Waals surface area contributed by atoms with Crippen LogP contribution < -0.4 is 15.7 Å². The van der Waals surface area contributed by atoms with Gasteiger partial charge in [-0.2, -0.15) is 0 Å². The Morgan fingerprint density at radius 1 is 1.03 bits per heavy atom. The normalized spacial score (nSPS) is 15.2. The monoisotopic (exact) mass is 436 g/mol. The van der Waals surface area contributed by atoms with Crippen LogP contribution in [-0.4, -0.2) is 46.7 Å². The molecule has 4 rings (SSSR count). The van der Waals surface area contributed by atoms with Gasteiger partial charge in [0.25, 0.3) is 0 Å². The average Bonchev–Trinajstić information content (AvgIpc) is 3.43. The van der Waals surface area contributed by atoms with Crippen molar-refractivity contribution >= 4 is 16.9 Å². The van der Waals surface area contributed by atoms with E-state index in [-0.39, 0.29) is 24.2 Å². The summed E-state index contributed by atoms with van der Waals surface area (Å²) in [6.45, 7) is 5.17. The molecule has 1 aliphatic rings. The molecule has 1 fully saturated rings. The third-order valence-corrected chi connectivity index (χ3v) is 6.25. The van der Waals surface area contributed by atoms with Gasteiger partial charge in [-0.15, -0.1) is 0 Å². The van der Waals surface area contributed by atoms with Gasteiger partial charge in [-0.1, -0.05) is 37.3 Å². The van der Waals surface area contributed by atoms with Crippen LogP contribution in [0.5, 0.6) is 5.75 Å². The summed E-state index contributed by atoms with van der Waals surface area (Å²) < 4.78 is 8.92. The highest BCUT2D eigenvalue weighted by molar-refractivity contribution is 5.81. The van der Waals surface area contributed by atoms with Crippen LogP contribution in [0.3, 0.4) is 0 Å². The van der Waals surface area contributed by atoms with Gasteiger partial charge in [-0.3, -0.25) is 18.8 Å². The second kappa shape index (κ2) is 10.0. The predicted octanol–water partition coefficient (Wildman–Crippen LogP) is 3.17. The number of nitrogens with zero attached hydrogens (tertiary/aromatic N) is 3. The SMILES string of the molecule is CCCn1c(=O)n(CC(=O)NCC(c2ccccc2OC)N2CCCC2)c2ccccc21. The van der Waals surface area contributed by atoms with Gasteiger partial charge in [0.05, 0.1) is 24.2 Å². The molecule has 0 aliphatic carbocycles. The Hall–Kier alpha value is -3.06. The first-order valence-electron chi connectivity index (χ1n) is 11.5. The maximum atomic E-state index is 13.0. The Balaban J connectivity index is 1.53. The maximum Gasteiger partial charge on any atom is 0.329 e. The zero-order valence-corrected chi connectivity index (χ0v) is 18.9. The van der Waals surface area contributed by atoms with Gasteiger partial charge in [0.2, 0.25) is 5.91 Å². The highest BCUT2D eigenvalue weighted by Gasteiger charge is 2.26. The van der Waals surface area contributed by atoms with Crippen molar-refractivity contribution in [3.05, 3.63) is 64.6 Å². The molecule has 1 N–H and O–H groups in total. The Labute approximate surface area is 188 Å². The van der Waals surface area contributed by atoms with Crippen LogP contribution in [0.1, 0.15) is 37.8 Å². The molecule has 1 saturated heterocycles. The highest BCUT2D eigenvalue weighted by atomic mass is 16.5. The van der Waals surface area contributed by atoms with Gasteiger partial charge in [0.1, 0.15) is 12.3 Å². The van der Waals surface area contributed by atoms with Crippen LogP contribution >= 0.6 is 0 Å². The second-order valence-electron chi connectivity index (χ2n) is 8.31. The van der Waals surface area contributed by atoms with Gasteiger partial charge in [0, 0.05) is 18.7 Å². The minimum atomic E-state index is -0.161. The average molecular weight is 437 g/mol. The van der Waals surface area contributed by atoms with Gasteiger partial charge in [0.15, 0.2) is 0 Å². The smallest absolute Gasteiger partial charge is 0.329 e. The molecule has 2 aromatic carbocycles. The number of hydrogen-bond donors (Lipinski definition) is 1. The summed E-state index contributed by atoms with van der Waals surface area (Å²) in [4.78, 5) is 28.3. The number of benzene rings is 2. The molecular formula is C25H32N4O3. The summed E-state index contributed by atoms with van der Waals surface area (Å²) in [6, 6.07) is 15.7. The van der Waals surface area contributed by atoms with Crippen molar-refractivity contribution in [1.82, 2.24) is 19.4 Å². The molecule has 170 valence electrons. The molecule has 0 spiro atoms. The largest absolute Gasteiger partial charge is 0.496 e. The van der Waals surface area contributed by atoms with Crippen molar-refractivity contribution in [1.29, 1.82) is 0 Å². The molecule has 1 atom stereocenters. The lowest BCUT2D eigenvalue weighted by atomic mass is 10.0. The minimum absolute atomic E-state index is 0.00864. The van der Waals surface area contributed by atoms with E-state index < -0.39 is 0 Å². The number of hydrogen-bond acceptors (Lipinski definition) is 4. The number of imidazole rings is 1. The number of aromatic nitrogens is 2. The molecule has 0 bridgehead atoms. The summed E-state index contributed by atoms with van der Waals surface area (Å²) in [5.74, 6) is 0.670. The fourth-order valence-corrected chi connectivity index (χ4v) is 4.71. The van der Waals surface area contributed by atoms with Crippen LogP contribution in [0.2, 0.25) is 0 Å². The molecule has 0 saturated carbocycles. The molecule has 2 heterocycles. The number of fused-ring (bicyclic) bond motifs is 1. The second-order valence-corrected chi connectivity index (χ2v) is 8.31. The first-order chi connectivity index (χ1) is 15.6. The molecule has 0 radical (unpaired) electrons. The summed E-state index contributed by atoms with van der Waals surface area (Å²) in [5, 5.41) is 3.09. The molecule has 32 heavy (non-hydrogen) atoms. The van der Waals surface area contributed by atoms with E-state index in [0.29, 0.717) is 13.1 Å². The first kappa shape index (κ1) is 22.1. The van der Waals surface area contributed by atoms with E-state index in [4.69, 9.17) is 4.74 Å². The van der Waals surface area contributed by atoms with Crippen molar-refractivity contribution in [2.24, 2.45) is 0 Å². The lowest BCUT2D eigenvalue weighted by Crippen LogP contribution is -2.39. The Morgan fingerprint density at radius 3 is 2.38 bits per heavy atom. The van der Waals surface area contributed by atoms with Gasteiger partial charge >= 0.3 is 5.69 Å². The maximum absolute atomic E-state index is 13.0. The van der Waals surface area contributed by atoms with Crippen molar-refractivity contribution in [3.63, 3.8) is 0 Å².